The molecule has 5 atom stereocenters. The lowest BCUT2D eigenvalue weighted by molar-refractivity contribution is -0.163. The van der Waals surface area contributed by atoms with E-state index in [-0.39, 0.29) is 5.92 Å². The van der Waals surface area contributed by atoms with Gasteiger partial charge in [-0.2, -0.15) is 0 Å². The third-order valence-corrected chi connectivity index (χ3v) is 5.87. The van der Waals surface area contributed by atoms with E-state index in [1.54, 1.807) is 25.2 Å². The van der Waals surface area contributed by atoms with Crippen molar-refractivity contribution in [3.63, 3.8) is 0 Å². The van der Waals surface area contributed by atoms with Crippen LogP contribution >= 0.6 is 0 Å². The van der Waals surface area contributed by atoms with Gasteiger partial charge in [-0.05, 0) is 44.6 Å². The smallest absolute Gasteiger partial charge is 0.311 e. The van der Waals surface area contributed by atoms with E-state index in [4.69, 9.17) is 4.74 Å². The number of fused-ring (bicyclic) bond motifs is 1. The summed E-state index contributed by atoms with van der Waals surface area (Å²) in [4.78, 5) is 11.9. The summed E-state index contributed by atoms with van der Waals surface area (Å²) >= 11 is 0. The van der Waals surface area contributed by atoms with Crippen molar-refractivity contribution in [1.29, 1.82) is 0 Å². The zero-order chi connectivity index (χ0) is 18.5. The highest BCUT2D eigenvalue weighted by Gasteiger charge is 2.68. The largest absolute Gasteiger partial charge is 0.487 e. The number of aliphatic hydroxyl groups is 2. The van der Waals surface area contributed by atoms with Crippen LogP contribution in [0.3, 0.4) is 0 Å². The molecule has 0 spiro atoms. The van der Waals surface area contributed by atoms with Gasteiger partial charge >= 0.3 is 5.97 Å². The highest BCUT2D eigenvalue weighted by molar-refractivity contribution is 5.74. The predicted molar refractivity (Wildman–Crippen MR) is 96.0 cm³/mol. The molecule has 0 aromatic rings. The number of carbonyl (C=O) groups is 1. The highest BCUT2D eigenvalue weighted by atomic mass is 16.5. The van der Waals surface area contributed by atoms with E-state index in [0.29, 0.717) is 19.3 Å². The molecule has 142 valence electrons. The van der Waals surface area contributed by atoms with Crippen LogP contribution in [0.25, 0.3) is 0 Å². The van der Waals surface area contributed by atoms with Crippen LogP contribution in [0.15, 0.2) is 24.5 Å². The van der Waals surface area contributed by atoms with Gasteiger partial charge in [0.15, 0.2) is 5.60 Å². The number of ether oxygens (including phenoxy) is 1. The number of allylic oxidation sites excluding steroid dienone is 1. The molecule has 0 amide bonds. The number of hydrogen-bond acceptors (Lipinski definition) is 4. The summed E-state index contributed by atoms with van der Waals surface area (Å²) in [6.07, 6.45) is 12.0. The second-order valence-electron chi connectivity index (χ2n) is 7.44. The average molecular weight is 352 g/mol. The minimum Gasteiger partial charge on any atom is -0.487 e. The molecule has 25 heavy (non-hydrogen) atoms. The Morgan fingerprint density at radius 3 is 2.80 bits per heavy atom. The second-order valence-corrected chi connectivity index (χ2v) is 7.44. The normalized spacial score (nSPS) is 36.2. The zero-order valence-electron chi connectivity index (χ0n) is 15.4. The Labute approximate surface area is 150 Å². The van der Waals surface area contributed by atoms with Crippen molar-refractivity contribution in [1.82, 2.24) is 0 Å². The van der Waals surface area contributed by atoms with Crippen molar-refractivity contribution in [3.8, 4) is 0 Å². The van der Waals surface area contributed by atoms with Crippen molar-refractivity contribution in [2.24, 2.45) is 11.8 Å². The molecule has 0 radical (unpaired) electrons. The lowest BCUT2D eigenvalue weighted by Crippen LogP contribution is -2.55. The maximum Gasteiger partial charge on any atom is 0.311 e. The van der Waals surface area contributed by atoms with Crippen LogP contribution in [0.5, 0.6) is 0 Å². The molecule has 2 aliphatic rings. The lowest BCUT2D eigenvalue weighted by Gasteiger charge is -2.41. The quantitative estimate of drug-likeness (QED) is 0.336. The van der Waals surface area contributed by atoms with E-state index in [9.17, 15) is 20.1 Å². The van der Waals surface area contributed by atoms with Crippen molar-refractivity contribution in [2.75, 3.05) is 0 Å². The molecule has 5 nitrogen and oxygen atoms in total. The van der Waals surface area contributed by atoms with Crippen molar-refractivity contribution < 1.29 is 24.9 Å². The fraction of sp³-hybridized carbons (Fsp3) is 0.750. The molecule has 0 bridgehead atoms. The number of carboxylic acids is 1. The Kier molecular flexibility index (Phi) is 6.69. The van der Waals surface area contributed by atoms with Crippen LogP contribution in [0.4, 0.5) is 0 Å². The first kappa shape index (κ1) is 20.0. The van der Waals surface area contributed by atoms with Crippen LogP contribution in [0, 0.1) is 11.8 Å². The fourth-order valence-corrected chi connectivity index (χ4v) is 4.55. The topological polar surface area (TPSA) is 87.0 Å². The summed E-state index contributed by atoms with van der Waals surface area (Å²) < 4.78 is 5.90. The number of aliphatic carboxylic acids is 1. The molecule has 0 saturated heterocycles. The first-order valence-corrected chi connectivity index (χ1v) is 9.53. The molecule has 0 aromatic carbocycles. The summed E-state index contributed by atoms with van der Waals surface area (Å²) in [7, 11) is 0. The van der Waals surface area contributed by atoms with Crippen molar-refractivity contribution in [2.45, 2.75) is 82.5 Å². The van der Waals surface area contributed by atoms with E-state index in [2.05, 4.69) is 6.92 Å². The molecular weight excluding hydrogens is 320 g/mol. The van der Waals surface area contributed by atoms with Gasteiger partial charge in [-0.1, -0.05) is 44.8 Å². The van der Waals surface area contributed by atoms with Gasteiger partial charge in [-0.3, -0.25) is 4.79 Å². The monoisotopic (exact) mass is 352 g/mol. The predicted octanol–water partition coefficient (Wildman–Crippen LogP) is 3.41. The molecule has 0 unspecified atom stereocenters. The standard InChI is InChI=1S/C20H32O5/c1-3-5-6-9-16(21)10-12-20(25-13-4-2)17(18(22)23)14-15-8-7-11-19(15,20)24/h4,10,12-13,15-17,21,24H,3,5-9,11,14H2,1-2H3,(H,22,23)/b12-10-,13-4+/t15-,16+,17+,19-,20-/m0/s1. The Balaban J connectivity index is 2.31. The Bertz CT molecular complexity index is 514. The molecular formula is C20H32O5. The summed E-state index contributed by atoms with van der Waals surface area (Å²) in [5.74, 6) is -1.86. The molecule has 0 aromatic heterocycles. The van der Waals surface area contributed by atoms with Crippen molar-refractivity contribution >= 4 is 5.97 Å². The highest BCUT2D eigenvalue weighted by Crippen LogP contribution is 2.58. The number of carboxylic acid groups (broad SMARTS) is 1. The van der Waals surface area contributed by atoms with E-state index in [0.717, 1.165) is 32.1 Å². The first-order chi connectivity index (χ1) is 11.9. The second kappa shape index (κ2) is 8.37. The average Bonchev–Trinajstić information content (AvgIpc) is 3.05. The molecule has 2 rings (SSSR count). The van der Waals surface area contributed by atoms with Gasteiger partial charge in [-0.15, -0.1) is 0 Å². The molecule has 0 aliphatic heterocycles. The van der Waals surface area contributed by atoms with Crippen LogP contribution in [0.1, 0.15) is 65.2 Å². The molecule has 3 N–H and O–H groups in total. The molecule has 0 heterocycles. The minimum absolute atomic E-state index is 0.0826. The van der Waals surface area contributed by atoms with Gasteiger partial charge < -0.3 is 20.1 Å². The van der Waals surface area contributed by atoms with Crippen LogP contribution in [-0.4, -0.2) is 38.6 Å². The maximum absolute atomic E-state index is 11.9. The fourth-order valence-electron chi connectivity index (χ4n) is 4.55. The third kappa shape index (κ3) is 3.77. The first-order valence-electron chi connectivity index (χ1n) is 9.53. The van der Waals surface area contributed by atoms with Gasteiger partial charge in [0.2, 0.25) is 0 Å². The van der Waals surface area contributed by atoms with E-state index >= 15 is 0 Å². The number of rotatable bonds is 9. The van der Waals surface area contributed by atoms with Gasteiger partial charge in [0.25, 0.3) is 0 Å². The molecule has 2 saturated carbocycles. The number of unbranched alkanes of at least 4 members (excludes halogenated alkanes) is 2. The van der Waals surface area contributed by atoms with Gasteiger partial charge in [0.1, 0.15) is 11.5 Å². The summed E-state index contributed by atoms with van der Waals surface area (Å²) in [6.45, 7) is 3.89. The zero-order valence-corrected chi connectivity index (χ0v) is 15.4. The summed E-state index contributed by atoms with van der Waals surface area (Å²) in [5, 5.41) is 31.3. The summed E-state index contributed by atoms with van der Waals surface area (Å²) in [5.41, 5.74) is -2.52. The van der Waals surface area contributed by atoms with Gasteiger partial charge in [-0.25, -0.2) is 0 Å². The maximum atomic E-state index is 11.9. The molecule has 2 fully saturated rings. The van der Waals surface area contributed by atoms with Gasteiger partial charge in [0.05, 0.1) is 12.4 Å². The minimum atomic E-state index is -1.32. The number of hydrogen-bond donors (Lipinski definition) is 3. The van der Waals surface area contributed by atoms with Crippen LogP contribution in [0.2, 0.25) is 0 Å². The van der Waals surface area contributed by atoms with Crippen molar-refractivity contribution in [3.05, 3.63) is 24.5 Å². The Morgan fingerprint density at radius 2 is 2.16 bits per heavy atom. The molecule has 5 heteroatoms. The van der Waals surface area contributed by atoms with Crippen LogP contribution in [-0.2, 0) is 9.53 Å². The van der Waals surface area contributed by atoms with E-state index in [1.165, 1.54) is 6.26 Å². The van der Waals surface area contributed by atoms with Gasteiger partial charge in [0, 0.05) is 0 Å². The van der Waals surface area contributed by atoms with Crippen LogP contribution < -0.4 is 0 Å². The number of aliphatic hydroxyl groups excluding tert-OH is 1. The SMILES string of the molecule is C/C=C/O[C@@]1(/C=C\[C@H](O)CCCCC)[C@@H](C(=O)O)C[C@@H]2CCC[C@]21O. The van der Waals surface area contributed by atoms with E-state index in [1.807, 2.05) is 0 Å². The van der Waals surface area contributed by atoms with E-state index < -0.39 is 29.2 Å². The Morgan fingerprint density at radius 1 is 1.40 bits per heavy atom. The summed E-state index contributed by atoms with van der Waals surface area (Å²) in [6, 6.07) is 0. The lowest BCUT2D eigenvalue weighted by atomic mass is 9.77. The third-order valence-electron chi connectivity index (χ3n) is 5.87. The Hall–Kier alpha value is -1.33. The molecule has 2 aliphatic carbocycles.